The SMILES string of the molecule is Cc1ccc2c3c(ccc2c1)OC1(C=N3)c2c(C)ccc(C)c2C(C)(C)N1C. The summed E-state index contributed by atoms with van der Waals surface area (Å²) in [5.74, 6) is 0.843. The second kappa shape index (κ2) is 5.45. The molecule has 1 atom stereocenters. The third-order valence-electron chi connectivity index (χ3n) is 6.67. The van der Waals surface area contributed by atoms with E-state index in [1.807, 2.05) is 6.21 Å². The lowest BCUT2D eigenvalue weighted by Crippen LogP contribution is -2.51. The van der Waals surface area contributed by atoms with Crippen molar-refractivity contribution in [1.82, 2.24) is 4.90 Å². The molecule has 1 unspecified atom stereocenters. The molecule has 0 fully saturated rings. The Labute approximate surface area is 166 Å². The van der Waals surface area contributed by atoms with E-state index >= 15 is 0 Å². The van der Waals surface area contributed by atoms with E-state index in [0.29, 0.717) is 0 Å². The van der Waals surface area contributed by atoms with E-state index in [2.05, 4.69) is 89.0 Å². The summed E-state index contributed by atoms with van der Waals surface area (Å²) in [4.78, 5) is 7.30. The molecule has 0 radical (unpaired) electrons. The molecule has 3 aromatic carbocycles. The first-order valence-corrected chi connectivity index (χ1v) is 9.88. The zero-order valence-corrected chi connectivity index (χ0v) is 17.4. The van der Waals surface area contributed by atoms with Crippen molar-refractivity contribution >= 4 is 22.7 Å². The summed E-state index contributed by atoms with van der Waals surface area (Å²) in [6, 6.07) is 15.1. The molecule has 142 valence electrons. The van der Waals surface area contributed by atoms with Gasteiger partial charge in [-0.1, -0.05) is 42.0 Å². The van der Waals surface area contributed by atoms with Crippen molar-refractivity contribution < 1.29 is 4.74 Å². The predicted molar refractivity (Wildman–Crippen MR) is 116 cm³/mol. The van der Waals surface area contributed by atoms with Gasteiger partial charge < -0.3 is 4.74 Å². The summed E-state index contributed by atoms with van der Waals surface area (Å²) in [6.45, 7) is 11.0. The standard InChI is InChI=1S/C25H26N2O/c1-15-7-11-19-18(13-15)10-12-20-23(19)26-14-25(28-20)22-17(3)9-8-16(2)21(22)24(4,5)27(25)6/h7-14H,1-6H3. The van der Waals surface area contributed by atoms with Crippen molar-refractivity contribution in [2.75, 3.05) is 7.05 Å². The fraction of sp³-hybridized carbons (Fsp3) is 0.320. The minimum absolute atomic E-state index is 0.150. The largest absolute Gasteiger partial charge is 0.461 e. The average molecular weight is 370 g/mol. The highest BCUT2D eigenvalue weighted by Crippen LogP contribution is 2.54. The molecule has 0 N–H and O–H groups in total. The fourth-order valence-electron chi connectivity index (χ4n) is 5.06. The van der Waals surface area contributed by atoms with Crippen molar-refractivity contribution in [3.63, 3.8) is 0 Å². The van der Waals surface area contributed by atoms with Crippen molar-refractivity contribution in [2.45, 2.75) is 45.9 Å². The summed E-state index contributed by atoms with van der Waals surface area (Å²) < 4.78 is 6.81. The molecule has 2 aliphatic heterocycles. The van der Waals surface area contributed by atoms with Gasteiger partial charge in [0, 0.05) is 16.5 Å². The number of hydrogen-bond acceptors (Lipinski definition) is 3. The molecule has 0 saturated carbocycles. The molecule has 3 nitrogen and oxygen atoms in total. The highest BCUT2D eigenvalue weighted by atomic mass is 16.5. The van der Waals surface area contributed by atoms with Crippen molar-refractivity contribution in [3.05, 3.63) is 70.3 Å². The Morgan fingerprint density at radius 1 is 0.893 bits per heavy atom. The van der Waals surface area contributed by atoms with Gasteiger partial charge in [0.1, 0.15) is 11.4 Å². The topological polar surface area (TPSA) is 24.8 Å². The first-order chi connectivity index (χ1) is 13.3. The molecule has 3 aromatic rings. The smallest absolute Gasteiger partial charge is 0.227 e. The third kappa shape index (κ3) is 2.05. The summed E-state index contributed by atoms with van der Waals surface area (Å²) in [5.41, 5.74) is 6.47. The van der Waals surface area contributed by atoms with E-state index in [-0.39, 0.29) is 5.54 Å². The van der Waals surface area contributed by atoms with Gasteiger partial charge in [-0.15, -0.1) is 0 Å². The Bertz CT molecular complexity index is 1170. The second-order valence-electron chi connectivity index (χ2n) is 8.76. The Morgan fingerprint density at radius 3 is 2.36 bits per heavy atom. The van der Waals surface area contributed by atoms with Crippen LogP contribution < -0.4 is 4.74 Å². The molecule has 0 saturated heterocycles. The number of hydrogen-bond donors (Lipinski definition) is 0. The number of nitrogens with zero attached hydrogens (tertiary/aromatic N) is 2. The van der Waals surface area contributed by atoms with Crippen LogP contribution in [-0.2, 0) is 11.3 Å². The van der Waals surface area contributed by atoms with Gasteiger partial charge in [0.25, 0.3) is 0 Å². The molecule has 28 heavy (non-hydrogen) atoms. The molecule has 0 aliphatic carbocycles. The second-order valence-corrected chi connectivity index (χ2v) is 8.76. The maximum Gasteiger partial charge on any atom is 0.227 e. The van der Waals surface area contributed by atoms with E-state index in [1.165, 1.54) is 33.2 Å². The lowest BCUT2D eigenvalue weighted by atomic mass is 9.86. The molecular formula is C25H26N2O. The Morgan fingerprint density at radius 2 is 1.61 bits per heavy atom. The summed E-state index contributed by atoms with van der Waals surface area (Å²) >= 11 is 0. The van der Waals surface area contributed by atoms with Crippen LogP contribution in [0.25, 0.3) is 10.8 Å². The molecule has 2 aliphatic rings. The Balaban J connectivity index is 1.77. The highest BCUT2D eigenvalue weighted by Gasteiger charge is 2.56. The van der Waals surface area contributed by atoms with Crippen LogP contribution in [0.2, 0.25) is 0 Å². The lowest BCUT2D eigenvalue weighted by molar-refractivity contribution is -0.0477. The minimum atomic E-state index is -0.680. The number of benzene rings is 3. The van der Waals surface area contributed by atoms with E-state index < -0.39 is 5.72 Å². The van der Waals surface area contributed by atoms with Gasteiger partial charge >= 0.3 is 0 Å². The molecule has 0 bridgehead atoms. The molecule has 0 aromatic heterocycles. The number of ether oxygens (including phenoxy) is 1. The highest BCUT2D eigenvalue weighted by molar-refractivity contribution is 5.99. The Hall–Kier alpha value is -2.65. The maximum atomic E-state index is 6.81. The van der Waals surface area contributed by atoms with Gasteiger partial charge in [0.2, 0.25) is 5.72 Å². The number of rotatable bonds is 0. The first-order valence-electron chi connectivity index (χ1n) is 9.88. The molecule has 5 rings (SSSR count). The zero-order valence-electron chi connectivity index (χ0n) is 17.4. The van der Waals surface area contributed by atoms with Crippen molar-refractivity contribution in [1.29, 1.82) is 0 Å². The summed E-state index contributed by atoms with van der Waals surface area (Å²) in [7, 11) is 2.14. The van der Waals surface area contributed by atoms with Gasteiger partial charge in [0.15, 0.2) is 0 Å². The van der Waals surface area contributed by atoms with Crippen LogP contribution in [0.4, 0.5) is 5.69 Å². The third-order valence-corrected chi connectivity index (χ3v) is 6.67. The fourth-order valence-corrected chi connectivity index (χ4v) is 5.06. The van der Waals surface area contributed by atoms with E-state index in [9.17, 15) is 0 Å². The van der Waals surface area contributed by atoms with E-state index in [0.717, 1.165) is 16.8 Å². The Kier molecular flexibility index (Phi) is 3.40. The predicted octanol–water partition coefficient (Wildman–Crippen LogP) is 5.89. The molecular weight excluding hydrogens is 344 g/mol. The molecule has 2 heterocycles. The number of aliphatic imine (C=N–C) groups is 1. The average Bonchev–Trinajstić information content (AvgIpc) is 2.83. The van der Waals surface area contributed by atoms with Gasteiger partial charge in [-0.3, -0.25) is 9.89 Å². The van der Waals surface area contributed by atoms with Crippen LogP contribution in [0, 0.1) is 20.8 Å². The quantitative estimate of drug-likeness (QED) is 0.493. The van der Waals surface area contributed by atoms with Gasteiger partial charge in [-0.2, -0.15) is 0 Å². The van der Waals surface area contributed by atoms with Crippen LogP contribution in [-0.4, -0.2) is 18.2 Å². The normalized spacial score (nSPS) is 22.4. The lowest BCUT2D eigenvalue weighted by Gasteiger charge is -2.41. The monoisotopic (exact) mass is 370 g/mol. The molecule has 0 amide bonds. The number of fused-ring (bicyclic) bond motifs is 5. The van der Waals surface area contributed by atoms with E-state index in [1.54, 1.807) is 0 Å². The summed E-state index contributed by atoms with van der Waals surface area (Å²) in [6.07, 6.45) is 2.01. The van der Waals surface area contributed by atoms with Crippen molar-refractivity contribution in [3.8, 4) is 5.75 Å². The van der Waals surface area contributed by atoms with Crippen LogP contribution in [0.3, 0.4) is 0 Å². The summed E-state index contributed by atoms with van der Waals surface area (Å²) in [5, 5.41) is 2.33. The molecule has 3 heteroatoms. The zero-order chi connectivity index (χ0) is 19.8. The van der Waals surface area contributed by atoms with Crippen LogP contribution in [0.5, 0.6) is 5.75 Å². The van der Waals surface area contributed by atoms with Crippen LogP contribution in [0.1, 0.15) is 41.7 Å². The van der Waals surface area contributed by atoms with Gasteiger partial charge in [0.05, 0.1) is 6.21 Å². The van der Waals surface area contributed by atoms with Crippen LogP contribution >= 0.6 is 0 Å². The van der Waals surface area contributed by atoms with Crippen molar-refractivity contribution in [2.24, 2.45) is 4.99 Å². The maximum absolute atomic E-state index is 6.81. The van der Waals surface area contributed by atoms with Gasteiger partial charge in [-0.05, 0) is 69.8 Å². The first kappa shape index (κ1) is 17.4. The van der Waals surface area contributed by atoms with Gasteiger partial charge in [-0.25, -0.2) is 0 Å². The minimum Gasteiger partial charge on any atom is -0.461 e. The molecule has 1 spiro atoms. The van der Waals surface area contributed by atoms with E-state index in [4.69, 9.17) is 9.73 Å². The van der Waals surface area contributed by atoms with Crippen LogP contribution in [0.15, 0.2) is 47.5 Å². The number of aryl methyl sites for hydroxylation is 3.